The van der Waals surface area contributed by atoms with Crippen molar-refractivity contribution in [3.05, 3.63) is 99.3 Å². The Balaban J connectivity index is 1.70. The van der Waals surface area contributed by atoms with E-state index in [4.69, 9.17) is 0 Å². The third kappa shape index (κ3) is 6.74. The molecule has 2 aromatic rings. The Morgan fingerprint density at radius 1 is 1.05 bits per heavy atom. The second-order valence-electron chi connectivity index (χ2n) is 12.4. The van der Waals surface area contributed by atoms with Crippen molar-refractivity contribution < 1.29 is 9.90 Å². The van der Waals surface area contributed by atoms with Gasteiger partial charge >= 0.3 is 5.97 Å². The summed E-state index contributed by atoms with van der Waals surface area (Å²) in [6.45, 7) is 19.4. The Kier molecular flexibility index (Phi) is 9.01. The lowest BCUT2D eigenvalue weighted by Gasteiger charge is -2.41. The fourth-order valence-corrected chi connectivity index (χ4v) is 6.00. The van der Waals surface area contributed by atoms with Gasteiger partial charge < -0.3 is 10.0 Å². The number of rotatable bonds is 8. The molecular weight excluding hydrogens is 494 g/mol. The first-order valence-electron chi connectivity index (χ1n) is 14.3. The Labute approximate surface area is 240 Å². The van der Waals surface area contributed by atoms with Gasteiger partial charge in [0, 0.05) is 44.0 Å². The minimum atomic E-state index is -0.829. The van der Waals surface area contributed by atoms with E-state index in [1.54, 1.807) is 0 Å². The summed E-state index contributed by atoms with van der Waals surface area (Å²) >= 11 is 0. The number of carboxylic acid groups (broad SMARTS) is 1. The van der Waals surface area contributed by atoms with E-state index in [2.05, 4.69) is 68.3 Å². The molecule has 40 heavy (non-hydrogen) atoms. The first kappa shape index (κ1) is 29.4. The van der Waals surface area contributed by atoms with Crippen molar-refractivity contribution >= 4 is 11.5 Å². The summed E-state index contributed by atoms with van der Waals surface area (Å²) < 4.78 is 0. The molecule has 1 saturated heterocycles. The molecule has 0 unspecified atom stereocenters. The van der Waals surface area contributed by atoms with Crippen LogP contribution in [0.3, 0.4) is 0 Å². The molecule has 0 spiro atoms. The summed E-state index contributed by atoms with van der Waals surface area (Å²) in [5, 5.41) is 19.3. The van der Waals surface area contributed by atoms with Crippen LogP contribution >= 0.6 is 0 Å². The van der Waals surface area contributed by atoms with Crippen LogP contribution in [0.2, 0.25) is 0 Å². The molecule has 2 aromatic carbocycles. The number of nitrogens with zero attached hydrogens (tertiary/aromatic N) is 3. The fourth-order valence-electron chi connectivity index (χ4n) is 6.00. The van der Waals surface area contributed by atoms with Crippen molar-refractivity contribution in [2.75, 3.05) is 19.6 Å². The molecule has 0 aromatic heterocycles. The summed E-state index contributed by atoms with van der Waals surface area (Å²) in [7, 11) is 0. The SMILES string of the molecule is C=C(C)/C(CC(=O)O)=C(\C(=C(C)C)c1ccc2c(c1)CCN(Cc1ccccc1C#N)C2)N1CCC(C)(C)CC1. The zero-order valence-electron chi connectivity index (χ0n) is 24.8. The molecule has 0 atom stereocenters. The standard InChI is InChI=1S/C35H43N3O2/c1-24(2)31(20-32(39)40)34(38-17-14-35(5,6)15-18-38)33(25(3)4)27-11-12-30-23-37(16-13-26(30)19-27)22-29-10-8-7-9-28(29)21-36/h7-12,19H,1,13-18,20,22-23H2,2-6H3,(H,39,40)/b34-31+. The maximum absolute atomic E-state index is 12.0. The third-order valence-corrected chi connectivity index (χ3v) is 8.42. The van der Waals surface area contributed by atoms with Crippen LogP contribution in [0, 0.1) is 16.7 Å². The monoisotopic (exact) mass is 537 g/mol. The molecule has 0 aliphatic carbocycles. The first-order valence-corrected chi connectivity index (χ1v) is 14.3. The zero-order chi connectivity index (χ0) is 29.0. The van der Waals surface area contributed by atoms with Crippen LogP contribution in [0.25, 0.3) is 5.57 Å². The van der Waals surface area contributed by atoms with Crippen molar-refractivity contribution in [2.45, 2.75) is 73.4 Å². The topological polar surface area (TPSA) is 67.6 Å². The van der Waals surface area contributed by atoms with Crippen LogP contribution in [-0.4, -0.2) is 40.5 Å². The summed E-state index contributed by atoms with van der Waals surface area (Å²) in [5.41, 5.74) is 10.9. The summed E-state index contributed by atoms with van der Waals surface area (Å²) in [6.07, 6.45) is 3.04. The quantitative estimate of drug-likeness (QED) is 0.357. The van der Waals surface area contributed by atoms with E-state index >= 15 is 0 Å². The maximum atomic E-state index is 12.0. The molecule has 0 radical (unpaired) electrons. The summed E-state index contributed by atoms with van der Waals surface area (Å²) in [5.74, 6) is -0.829. The van der Waals surface area contributed by atoms with E-state index in [9.17, 15) is 15.2 Å². The van der Waals surface area contributed by atoms with Gasteiger partial charge in [-0.25, -0.2) is 0 Å². The lowest BCUT2D eigenvalue weighted by atomic mass is 9.81. The molecule has 0 saturated carbocycles. The average Bonchev–Trinajstić information content (AvgIpc) is 2.90. The van der Waals surface area contributed by atoms with Crippen LogP contribution in [0.15, 0.2) is 71.5 Å². The van der Waals surface area contributed by atoms with Crippen molar-refractivity contribution in [1.82, 2.24) is 9.80 Å². The number of carbonyl (C=O) groups is 1. The van der Waals surface area contributed by atoms with Crippen molar-refractivity contribution in [2.24, 2.45) is 5.41 Å². The van der Waals surface area contributed by atoms with Crippen molar-refractivity contribution in [3.63, 3.8) is 0 Å². The van der Waals surface area contributed by atoms with Gasteiger partial charge in [-0.05, 0) is 79.3 Å². The van der Waals surface area contributed by atoms with E-state index in [0.717, 1.165) is 91.1 Å². The van der Waals surface area contributed by atoms with Crippen LogP contribution in [0.5, 0.6) is 0 Å². The lowest BCUT2D eigenvalue weighted by Crippen LogP contribution is -2.38. The highest BCUT2D eigenvalue weighted by atomic mass is 16.4. The number of benzene rings is 2. The smallest absolute Gasteiger partial charge is 0.307 e. The normalized spacial score (nSPS) is 17.4. The van der Waals surface area contributed by atoms with E-state index in [1.165, 1.54) is 16.7 Å². The number of nitriles is 1. The number of hydrogen-bond donors (Lipinski definition) is 1. The number of aliphatic carboxylic acids is 1. The number of carboxylic acids is 1. The number of fused-ring (bicyclic) bond motifs is 1. The number of allylic oxidation sites excluding steroid dienone is 3. The van der Waals surface area contributed by atoms with E-state index in [-0.39, 0.29) is 11.8 Å². The number of hydrogen-bond acceptors (Lipinski definition) is 4. The average molecular weight is 538 g/mol. The van der Waals surface area contributed by atoms with E-state index in [1.807, 2.05) is 31.2 Å². The van der Waals surface area contributed by atoms with Gasteiger partial charge in [0.2, 0.25) is 0 Å². The molecule has 0 bridgehead atoms. The summed E-state index contributed by atoms with van der Waals surface area (Å²) in [6, 6.07) is 16.9. The van der Waals surface area contributed by atoms with Gasteiger partial charge in [-0.2, -0.15) is 5.26 Å². The second-order valence-corrected chi connectivity index (χ2v) is 12.4. The van der Waals surface area contributed by atoms with Gasteiger partial charge in [-0.3, -0.25) is 9.69 Å². The van der Waals surface area contributed by atoms with Gasteiger partial charge in [0.15, 0.2) is 0 Å². The Bertz CT molecular complexity index is 1390. The molecule has 1 fully saturated rings. The molecular formula is C35H43N3O2. The molecule has 210 valence electrons. The van der Waals surface area contributed by atoms with Crippen molar-refractivity contribution in [1.29, 1.82) is 5.26 Å². The van der Waals surface area contributed by atoms with Crippen molar-refractivity contribution in [3.8, 4) is 6.07 Å². The highest BCUT2D eigenvalue weighted by Gasteiger charge is 2.31. The van der Waals surface area contributed by atoms with E-state index in [0.29, 0.717) is 0 Å². The predicted octanol–water partition coefficient (Wildman–Crippen LogP) is 7.34. The van der Waals surface area contributed by atoms with Crippen LogP contribution in [0.1, 0.15) is 81.7 Å². The van der Waals surface area contributed by atoms with Gasteiger partial charge in [-0.15, -0.1) is 0 Å². The molecule has 4 rings (SSSR count). The Morgan fingerprint density at radius 2 is 1.75 bits per heavy atom. The largest absolute Gasteiger partial charge is 0.481 e. The van der Waals surface area contributed by atoms with Crippen LogP contribution in [-0.2, 0) is 24.3 Å². The van der Waals surface area contributed by atoms with Gasteiger partial charge in [0.25, 0.3) is 0 Å². The molecule has 2 heterocycles. The van der Waals surface area contributed by atoms with Gasteiger partial charge in [0.05, 0.1) is 18.1 Å². The highest BCUT2D eigenvalue weighted by molar-refractivity contribution is 5.84. The van der Waals surface area contributed by atoms with Crippen LogP contribution in [0.4, 0.5) is 0 Å². The Morgan fingerprint density at radius 3 is 2.38 bits per heavy atom. The van der Waals surface area contributed by atoms with Crippen LogP contribution < -0.4 is 0 Å². The molecule has 5 heteroatoms. The predicted molar refractivity (Wildman–Crippen MR) is 162 cm³/mol. The number of piperidine rings is 1. The van der Waals surface area contributed by atoms with Gasteiger partial charge in [-0.1, -0.05) is 68.0 Å². The summed E-state index contributed by atoms with van der Waals surface area (Å²) in [4.78, 5) is 16.8. The lowest BCUT2D eigenvalue weighted by molar-refractivity contribution is -0.136. The zero-order valence-corrected chi connectivity index (χ0v) is 24.8. The fraction of sp³-hybridized carbons (Fsp3) is 0.429. The first-order chi connectivity index (χ1) is 19.0. The molecule has 5 nitrogen and oxygen atoms in total. The third-order valence-electron chi connectivity index (χ3n) is 8.42. The second kappa shape index (κ2) is 12.3. The minimum absolute atomic E-state index is 0.0363. The Hall–Kier alpha value is -3.62. The molecule has 0 amide bonds. The molecule has 2 aliphatic heterocycles. The minimum Gasteiger partial charge on any atom is -0.481 e. The maximum Gasteiger partial charge on any atom is 0.307 e. The molecule has 1 N–H and O–H groups in total. The van der Waals surface area contributed by atoms with E-state index < -0.39 is 5.97 Å². The number of likely N-dealkylation sites (tertiary alicyclic amines) is 1. The highest BCUT2D eigenvalue weighted by Crippen LogP contribution is 2.40. The van der Waals surface area contributed by atoms with Gasteiger partial charge in [0.1, 0.15) is 0 Å². The molecule has 2 aliphatic rings.